The maximum absolute atomic E-state index is 13.1. The van der Waals surface area contributed by atoms with Gasteiger partial charge in [0.1, 0.15) is 21.6 Å². The Kier molecular flexibility index (Phi) is 5.71. The summed E-state index contributed by atoms with van der Waals surface area (Å²) < 4.78 is 19.4. The van der Waals surface area contributed by atoms with Crippen LogP contribution in [0.3, 0.4) is 0 Å². The van der Waals surface area contributed by atoms with Gasteiger partial charge < -0.3 is 15.4 Å². The van der Waals surface area contributed by atoms with Crippen molar-refractivity contribution < 1.29 is 13.7 Å². The third-order valence-electron chi connectivity index (χ3n) is 5.10. The standard InChI is InChI=1S/C17H26N4O3S/c1-2-14-4-3-7-19-15(14)20-8-10-21(11-9-20)25(23)17(16(18)22)5-12-24-13-6-17/h3-4,7H,2,5-6,8-13H2,1H3,(H2,18,22). The van der Waals surface area contributed by atoms with Crippen LogP contribution >= 0.6 is 0 Å². The van der Waals surface area contributed by atoms with Crippen LogP contribution in [0.25, 0.3) is 0 Å². The smallest absolute Gasteiger partial charge is 0.237 e. The van der Waals surface area contributed by atoms with Crippen molar-refractivity contribution in [3.05, 3.63) is 23.9 Å². The van der Waals surface area contributed by atoms with Gasteiger partial charge in [0.2, 0.25) is 5.91 Å². The average Bonchev–Trinajstić information content (AvgIpc) is 2.68. The number of ether oxygens (including phenoxy) is 1. The van der Waals surface area contributed by atoms with E-state index in [9.17, 15) is 9.00 Å². The van der Waals surface area contributed by atoms with E-state index in [0.717, 1.165) is 25.3 Å². The Balaban J connectivity index is 1.69. The number of nitrogens with zero attached hydrogens (tertiary/aromatic N) is 3. The molecule has 3 heterocycles. The summed E-state index contributed by atoms with van der Waals surface area (Å²) in [6.07, 6.45) is 3.59. The summed E-state index contributed by atoms with van der Waals surface area (Å²) in [5, 5.41) is 0. The summed E-state index contributed by atoms with van der Waals surface area (Å²) in [4.78, 5) is 18.8. The first-order chi connectivity index (χ1) is 12.1. The van der Waals surface area contributed by atoms with E-state index in [4.69, 9.17) is 10.5 Å². The molecule has 0 aromatic carbocycles. The second-order valence-corrected chi connectivity index (χ2v) is 8.27. The van der Waals surface area contributed by atoms with Crippen LogP contribution in [0.4, 0.5) is 5.82 Å². The Morgan fingerprint density at radius 3 is 2.60 bits per heavy atom. The van der Waals surface area contributed by atoms with Gasteiger partial charge in [-0.2, -0.15) is 0 Å². The minimum Gasteiger partial charge on any atom is -0.381 e. The second kappa shape index (κ2) is 7.80. The number of carbonyl (C=O) groups is 1. The lowest BCUT2D eigenvalue weighted by molar-refractivity contribution is -0.122. The molecule has 25 heavy (non-hydrogen) atoms. The monoisotopic (exact) mass is 366 g/mol. The first-order valence-corrected chi connectivity index (χ1v) is 9.92. The Morgan fingerprint density at radius 1 is 1.32 bits per heavy atom. The first-order valence-electron chi connectivity index (χ1n) is 8.82. The molecule has 1 unspecified atom stereocenters. The Labute approximate surface area is 151 Å². The van der Waals surface area contributed by atoms with E-state index in [1.54, 1.807) is 0 Å². The fourth-order valence-electron chi connectivity index (χ4n) is 3.51. The summed E-state index contributed by atoms with van der Waals surface area (Å²) in [7, 11) is -1.43. The van der Waals surface area contributed by atoms with Gasteiger partial charge in [0.05, 0.1) is 0 Å². The third kappa shape index (κ3) is 3.56. The maximum Gasteiger partial charge on any atom is 0.237 e. The Morgan fingerprint density at radius 2 is 2.00 bits per heavy atom. The van der Waals surface area contributed by atoms with Crippen LogP contribution in [0.5, 0.6) is 0 Å². The fraction of sp³-hybridized carbons (Fsp3) is 0.647. The minimum absolute atomic E-state index is 0.426. The van der Waals surface area contributed by atoms with Crippen LogP contribution in [-0.4, -0.2) is 63.5 Å². The average molecular weight is 366 g/mol. The Hall–Kier alpha value is -1.51. The molecule has 138 valence electrons. The molecule has 2 fully saturated rings. The molecule has 2 aliphatic rings. The number of carbonyl (C=O) groups excluding carboxylic acids is 1. The summed E-state index contributed by atoms with van der Waals surface area (Å²) in [5.41, 5.74) is 6.85. The lowest BCUT2D eigenvalue weighted by Gasteiger charge is -2.41. The number of pyridine rings is 1. The zero-order chi connectivity index (χ0) is 17.9. The van der Waals surface area contributed by atoms with Crippen molar-refractivity contribution >= 4 is 22.7 Å². The van der Waals surface area contributed by atoms with Gasteiger partial charge in [-0.25, -0.2) is 13.5 Å². The first kappa shape index (κ1) is 18.3. The second-order valence-electron chi connectivity index (χ2n) is 6.48. The fourth-order valence-corrected chi connectivity index (χ4v) is 5.19. The van der Waals surface area contributed by atoms with E-state index in [-0.39, 0.29) is 0 Å². The van der Waals surface area contributed by atoms with Gasteiger partial charge in [-0.3, -0.25) is 4.79 Å². The number of aromatic nitrogens is 1. The van der Waals surface area contributed by atoms with Crippen molar-refractivity contribution in [1.29, 1.82) is 0 Å². The molecule has 0 bridgehead atoms. The molecule has 2 saturated heterocycles. The van der Waals surface area contributed by atoms with Gasteiger partial charge in [-0.1, -0.05) is 13.0 Å². The van der Waals surface area contributed by atoms with Crippen molar-refractivity contribution in [2.75, 3.05) is 44.3 Å². The molecule has 7 nitrogen and oxygen atoms in total. The molecular weight excluding hydrogens is 340 g/mol. The number of primary amides is 1. The normalized spacial score (nSPS) is 22.5. The van der Waals surface area contributed by atoms with Gasteiger partial charge in [0.25, 0.3) is 0 Å². The van der Waals surface area contributed by atoms with Gasteiger partial charge >= 0.3 is 0 Å². The van der Waals surface area contributed by atoms with Gasteiger partial charge in [-0.15, -0.1) is 0 Å². The molecule has 1 amide bonds. The summed E-state index contributed by atoms with van der Waals surface area (Å²) in [5.74, 6) is 0.528. The van der Waals surface area contributed by atoms with Crippen LogP contribution in [0.1, 0.15) is 25.3 Å². The lowest BCUT2D eigenvalue weighted by Crippen LogP contribution is -2.58. The van der Waals surface area contributed by atoms with E-state index >= 15 is 0 Å². The summed E-state index contributed by atoms with van der Waals surface area (Å²) >= 11 is 0. The van der Waals surface area contributed by atoms with Crippen LogP contribution in [0.2, 0.25) is 0 Å². The number of aryl methyl sites for hydroxylation is 1. The van der Waals surface area contributed by atoms with E-state index in [1.807, 2.05) is 16.6 Å². The summed E-state index contributed by atoms with van der Waals surface area (Å²) in [6, 6.07) is 4.05. The van der Waals surface area contributed by atoms with Gasteiger partial charge in [-0.05, 0) is 30.9 Å². The number of amides is 1. The minimum atomic E-state index is -1.43. The molecule has 2 N–H and O–H groups in total. The molecule has 1 atom stereocenters. The number of anilines is 1. The van der Waals surface area contributed by atoms with E-state index < -0.39 is 21.6 Å². The highest BCUT2D eigenvalue weighted by Gasteiger charge is 2.47. The van der Waals surface area contributed by atoms with Crippen molar-refractivity contribution in [2.24, 2.45) is 5.73 Å². The van der Waals surface area contributed by atoms with Crippen molar-refractivity contribution in [3.63, 3.8) is 0 Å². The Bertz CT molecular complexity index is 641. The zero-order valence-electron chi connectivity index (χ0n) is 14.6. The molecular formula is C17H26N4O3S. The van der Waals surface area contributed by atoms with E-state index in [1.165, 1.54) is 5.56 Å². The molecule has 2 aliphatic heterocycles. The van der Waals surface area contributed by atoms with Crippen LogP contribution in [-0.2, 0) is 26.9 Å². The number of nitrogens with two attached hydrogens (primary N) is 1. The number of piperazine rings is 1. The molecule has 0 radical (unpaired) electrons. The quantitative estimate of drug-likeness (QED) is 0.818. The summed E-state index contributed by atoms with van der Waals surface area (Å²) in [6.45, 7) is 5.71. The molecule has 1 aromatic rings. The van der Waals surface area contributed by atoms with Crippen LogP contribution in [0.15, 0.2) is 18.3 Å². The SMILES string of the molecule is CCc1cccnc1N1CCN(S(=O)C2(C(N)=O)CCOCC2)CC1. The number of rotatable bonds is 5. The van der Waals surface area contributed by atoms with Crippen molar-refractivity contribution in [1.82, 2.24) is 9.29 Å². The third-order valence-corrected chi connectivity index (χ3v) is 7.22. The predicted octanol–water partition coefficient (Wildman–Crippen LogP) is 0.464. The van der Waals surface area contributed by atoms with Crippen LogP contribution < -0.4 is 10.6 Å². The lowest BCUT2D eigenvalue weighted by atomic mass is 9.98. The molecule has 1 aromatic heterocycles. The van der Waals surface area contributed by atoms with Gasteiger partial charge in [0.15, 0.2) is 0 Å². The molecule has 8 heteroatoms. The van der Waals surface area contributed by atoms with E-state index in [0.29, 0.717) is 39.1 Å². The molecule has 0 saturated carbocycles. The molecule has 3 rings (SSSR count). The number of hydrogen-bond donors (Lipinski definition) is 1. The molecule has 0 spiro atoms. The zero-order valence-corrected chi connectivity index (χ0v) is 15.5. The number of hydrogen-bond acceptors (Lipinski definition) is 5. The largest absolute Gasteiger partial charge is 0.381 e. The van der Waals surface area contributed by atoms with Crippen molar-refractivity contribution in [2.45, 2.75) is 30.9 Å². The highest BCUT2D eigenvalue weighted by molar-refractivity contribution is 7.85. The molecule has 0 aliphatic carbocycles. The van der Waals surface area contributed by atoms with Crippen molar-refractivity contribution in [3.8, 4) is 0 Å². The maximum atomic E-state index is 13.1. The van der Waals surface area contributed by atoms with E-state index in [2.05, 4.69) is 22.9 Å². The topological polar surface area (TPSA) is 88.8 Å². The predicted molar refractivity (Wildman–Crippen MR) is 97.5 cm³/mol. The highest BCUT2D eigenvalue weighted by atomic mass is 32.2. The van der Waals surface area contributed by atoms with Crippen LogP contribution in [0, 0.1) is 0 Å². The van der Waals surface area contributed by atoms with Gasteiger partial charge in [0, 0.05) is 45.6 Å². The highest BCUT2D eigenvalue weighted by Crippen LogP contribution is 2.30.